The van der Waals surface area contributed by atoms with E-state index < -0.39 is 34.0 Å². The van der Waals surface area contributed by atoms with Crippen LogP contribution >= 0.6 is 0 Å². The zero-order valence-corrected chi connectivity index (χ0v) is 20.6. The summed E-state index contributed by atoms with van der Waals surface area (Å²) in [6, 6.07) is 9.85. The Hall–Kier alpha value is -2.90. The van der Waals surface area contributed by atoms with E-state index in [4.69, 9.17) is 14.2 Å². The lowest BCUT2D eigenvalue weighted by atomic mass is 9.97. The molecule has 0 N–H and O–H groups in total. The number of carbonyl (C=O) groups is 2. The summed E-state index contributed by atoms with van der Waals surface area (Å²) < 4.78 is 82.0. The lowest BCUT2D eigenvalue weighted by molar-refractivity contribution is -0.140. The predicted octanol–water partition coefficient (Wildman–Crippen LogP) is 3.51. The normalized spacial score (nSPS) is 16.6. The highest BCUT2D eigenvalue weighted by Crippen LogP contribution is 2.29. The van der Waals surface area contributed by atoms with E-state index in [2.05, 4.69) is 8.92 Å². The molecule has 9 nitrogen and oxygen atoms in total. The molecule has 36 heavy (non-hydrogen) atoms. The van der Waals surface area contributed by atoms with Crippen LogP contribution in [-0.4, -0.2) is 65.5 Å². The molecule has 0 bridgehead atoms. The van der Waals surface area contributed by atoms with Crippen molar-refractivity contribution in [2.24, 2.45) is 0 Å². The number of ether oxygens (including phenoxy) is 4. The van der Waals surface area contributed by atoms with Crippen LogP contribution in [0.15, 0.2) is 47.2 Å². The largest absolute Gasteiger partial charge is 0.534 e. The molecule has 13 heteroatoms. The summed E-state index contributed by atoms with van der Waals surface area (Å²) in [6.07, 6.45) is 0.546. The topological polar surface area (TPSA) is 114 Å². The van der Waals surface area contributed by atoms with E-state index in [1.54, 1.807) is 0 Å². The fourth-order valence-electron chi connectivity index (χ4n) is 3.18. The molecule has 1 aromatic rings. The molecule has 2 aliphatic heterocycles. The summed E-state index contributed by atoms with van der Waals surface area (Å²) in [4.78, 5) is 23.3. The van der Waals surface area contributed by atoms with Gasteiger partial charge in [0, 0.05) is 18.4 Å². The van der Waals surface area contributed by atoms with Crippen LogP contribution in [0.4, 0.5) is 13.2 Å². The number of carbonyl (C=O) groups excluding carboxylic acids is 2. The van der Waals surface area contributed by atoms with Crippen LogP contribution in [0, 0.1) is 0 Å². The minimum atomic E-state index is -5.82. The van der Waals surface area contributed by atoms with Crippen LogP contribution in [0.25, 0.3) is 5.57 Å². The minimum Gasteiger partial charge on any atom is -0.463 e. The Morgan fingerprint density at radius 1 is 0.889 bits per heavy atom. The molecule has 0 spiro atoms. The standard InChI is InChI=1S/C14H16O3.C9H11F3O6S/c1-2-17-14(15)12-8-9-16-10-13(12)11-6-4-3-5-7-11;1-2-17-8(13)6-3-4-16-5-7(6)18-19(14,15)9(10,11)12/h3-7H,2,8-10H2,1H3;2-5H2,1H3. The second kappa shape index (κ2) is 13.4. The van der Waals surface area contributed by atoms with E-state index in [0.29, 0.717) is 26.2 Å². The van der Waals surface area contributed by atoms with Crippen LogP contribution in [0.3, 0.4) is 0 Å². The SMILES string of the molecule is CCOC(=O)C1=C(OS(=O)(=O)C(F)(F)F)COCC1.CCOC(=O)C1=C(c2ccccc2)COCC1. The Labute approximate surface area is 206 Å². The Morgan fingerprint density at radius 2 is 1.42 bits per heavy atom. The third-order valence-corrected chi connectivity index (χ3v) is 5.82. The Balaban J connectivity index is 0.000000255. The number of hydrogen-bond acceptors (Lipinski definition) is 9. The van der Waals surface area contributed by atoms with Gasteiger partial charge in [-0.1, -0.05) is 30.3 Å². The average Bonchev–Trinajstić information content (AvgIpc) is 2.85. The molecule has 3 rings (SSSR count). The molecule has 2 aliphatic rings. The number of rotatable bonds is 7. The van der Waals surface area contributed by atoms with Gasteiger partial charge in [0.2, 0.25) is 0 Å². The summed E-state index contributed by atoms with van der Waals surface area (Å²) in [5.41, 5.74) is -3.09. The molecule has 0 radical (unpaired) electrons. The van der Waals surface area contributed by atoms with Gasteiger partial charge in [0.05, 0.1) is 38.6 Å². The van der Waals surface area contributed by atoms with Crippen molar-refractivity contribution in [2.75, 3.05) is 39.6 Å². The average molecular weight is 537 g/mol. The van der Waals surface area contributed by atoms with Crippen molar-refractivity contribution in [3.05, 3.63) is 52.8 Å². The first-order valence-corrected chi connectivity index (χ1v) is 12.4. The Kier molecular flexibility index (Phi) is 10.9. The van der Waals surface area contributed by atoms with E-state index in [1.165, 1.54) is 6.92 Å². The zero-order valence-electron chi connectivity index (χ0n) is 19.8. The second-order valence-corrected chi connectivity index (χ2v) is 8.79. The molecule has 0 aromatic heterocycles. The van der Waals surface area contributed by atoms with Gasteiger partial charge in [-0.3, -0.25) is 0 Å². The summed E-state index contributed by atoms with van der Waals surface area (Å²) in [5.74, 6) is -1.82. The third kappa shape index (κ3) is 8.07. The van der Waals surface area contributed by atoms with Gasteiger partial charge in [-0.15, -0.1) is 0 Å². The van der Waals surface area contributed by atoms with Crippen LogP contribution < -0.4 is 0 Å². The van der Waals surface area contributed by atoms with Crippen molar-refractivity contribution in [1.82, 2.24) is 0 Å². The van der Waals surface area contributed by atoms with Crippen molar-refractivity contribution in [1.29, 1.82) is 0 Å². The Bertz CT molecular complexity index is 1080. The summed E-state index contributed by atoms with van der Waals surface area (Å²) in [7, 11) is -5.82. The van der Waals surface area contributed by atoms with Gasteiger partial charge in [0.25, 0.3) is 0 Å². The monoisotopic (exact) mass is 536 g/mol. The van der Waals surface area contributed by atoms with Crippen LogP contribution in [-0.2, 0) is 42.8 Å². The lowest BCUT2D eigenvalue weighted by Gasteiger charge is -2.20. The molecule has 0 saturated carbocycles. The predicted molar refractivity (Wildman–Crippen MR) is 121 cm³/mol. The molecule has 0 aliphatic carbocycles. The van der Waals surface area contributed by atoms with Gasteiger partial charge in [-0.25, -0.2) is 9.59 Å². The quantitative estimate of drug-likeness (QED) is 0.293. The van der Waals surface area contributed by atoms with Gasteiger partial charge >= 0.3 is 27.6 Å². The van der Waals surface area contributed by atoms with E-state index in [1.807, 2.05) is 37.3 Å². The third-order valence-electron chi connectivity index (χ3n) is 4.83. The molecular weight excluding hydrogens is 509 g/mol. The fourth-order valence-corrected chi connectivity index (χ4v) is 3.69. The van der Waals surface area contributed by atoms with Crippen molar-refractivity contribution in [2.45, 2.75) is 32.2 Å². The smallest absolute Gasteiger partial charge is 0.463 e. The van der Waals surface area contributed by atoms with Gasteiger partial charge in [0.1, 0.15) is 6.61 Å². The van der Waals surface area contributed by atoms with Gasteiger partial charge in [-0.05, 0) is 25.0 Å². The first-order chi connectivity index (χ1) is 17.0. The van der Waals surface area contributed by atoms with E-state index in [9.17, 15) is 31.2 Å². The molecular formula is C23H27F3O9S. The first-order valence-electron chi connectivity index (χ1n) is 11.0. The fraction of sp³-hybridized carbons (Fsp3) is 0.478. The van der Waals surface area contributed by atoms with Crippen molar-refractivity contribution < 1.29 is 54.3 Å². The van der Waals surface area contributed by atoms with E-state index in [0.717, 1.165) is 16.7 Å². The number of benzene rings is 1. The summed E-state index contributed by atoms with van der Waals surface area (Å²) in [6.45, 7) is 4.33. The molecule has 2 heterocycles. The Morgan fingerprint density at radius 3 is 1.97 bits per heavy atom. The highest BCUT2D eigenvalue weighted by molar-refractivity contribution is 7.87. The number of esters is 2. The van der Waals surface area contributed by atoms with E-state index >= 15 is 0 Å². The summed E-state index contributed by atoms with van der Waals surface area (Å²) in [5, 5.41) is 0. The molecule has 200 valence electrons. The van der Waals surface area contributed by atoms with Crippen molar-refractivity contribution in [3.63, 3.8) is 0 Å². The molecule has 0 atom stereocenters. The zero-order chi connectivity index (χ0) is 26.8. The number of hydrogen-bond donors (Lipinski definition) is 0. The highest BCUT2D eigenvalue weighted by atomic mass is 32.2. The van der Waals surface area contributed by atoms with Gasteiger partial charge in [0.15, 0.2) is 5.76 Å². The van der Waals surface area contributed by atoms with Crippen LogP contribution in [0.1, 0.15) is 32.3 Å². The van der Waals surface area contributed by atoms with Gasteiger partial charge in [-0.2, -0.15) is 21.6 Å². The highest BCUT2D eigenvalue weighted by Gasteiger charge is 2.49. The van der Waals surface area contributed by atoms with Crippen LogP contribution in [0.5, 0.6) is 0 Å². The van der Waals surface area contributed by atoms with Gasteiger partial charge < -0.3 is 23.1 Å². The molecule has 0 unspecified atom stereocenters. The maximum absolute atomic E-state index is 12.2. The maximum Gasteiger partial charge on any atom is 0.534 e. The second-order valence-electron chi connectivity index (χ2n) is 7.25. The summed E-state index contributed by atoms with van der Waals surface area (Å²) >= 11 is 0. The number of halogens is 3. The molecule has 1 aromatic carbocycles. The van der Waals surface area contributed by atoms with Crippen molar-refractivity contribution in [3.8, 4) is 0 Å². The maximum atomic E-state index is 12.2. The minimum absolute atomic E-state index is 0.00247. The molecule has 0 saturated heterocycles. The van der Waals surface area contributed by atoms with E-state index in [-0.39, 0.29) is 31.2 Å². The molecule has 0 amide bonds. The first kappa shape index (κ1) is 29.3. The van der Waals surface area contributed by atoms with Crippen molar-refractivity contribution >= 4 is 27.6 Å². The molecule has 0 fully saturated rings. The lowest BCUT2D eigenvalue weighted by Crippen LogP contribution is -2.29. The van der Waals surface area contributed by atoms with Crippen LogP contribution in [0.2, 0.25) is 0 Å². The number of alkyl halides is 3.